The van der Waals surface area contributed by atoms with Gasteiger partial charge in [0.15, 0.2) is 0 Å². The number of nitrogens with two attached hydrogens (primary N) is 1. The average Bonchev–Trinajstić information content (AvgIpc) is 2.49. The number of aliphatic hydroxyl groups is 2. The van der Waals surface area contributed by atoms with E-state index in [-0.39, 0.29) is 17.7 Å². The summed E-state index contributed by atoms with van der Waals surface area (Å²) in [5.74, 6) is -0.691. The Bertz CT molecular complexity index is 597. The molecule has 2 atom stereocenters. The Morgan fingerprint density at radius 3 is 2.46 bits per heavy atom. The number of carbonyl (C=O) groups is 2. The van der Waals surface area contributed by atoms with Gasteiger partial charge >= 0.3 is 12.1 Å². The maximum Gasteiger partial charge on any atom is 0.407 e. The fraction of sp³-hybridized carbons (Fsp3) is 0.500. The summed E-state index contributed by atoms with van der Waals surface area (Å²) >= 11 is 0. The van der Waals surface area contributed by atoms with E-state index < -0.39 is 29.9 Å². The van der Waals surface area contributed by atoms with Crippen LogP contribution in [0.2, 0.25) is 0 Å². The summed E-state index contributed by atoms with van der Waals surface area (Å²) < 4.78 is 9.67. The molecule has 134 valence electrons. The van der Waals surface area contributed by atoms with Crippen molar-refractivity contribution in [3.05, 3.63) is 29.3 Å². The molecule has 1 amide bonds. The van der Waals surface area contributed by atoms with E-state index in [4.69, 9.17) is 10.5 Å². The van der Waals surface area contributed by atoms with Gasteiger partial charge in [0.05, 0.1) is 12.7 Å². The molecule has 24 heavy (non-hydrogen) atoms. The molecule has 8 heteroatoms. The molecule has 1 rings (SSSR count). The number of esters is 1. The van der Waals surface area contributed by atoms with Crippen molar-refractivity contribution in [2.24, 2.45) is 0 Å². The van der Waals surface area contributed by atoms with Crippen LogP contribution < -0.4 is 11.1 Å². The van der Waals surface area contributed by atoms with Crippen LogP contribution in [0.5, 0.6) is 0 Å². The molecule has 5 N–H and O–H groups in total. The van der Waals surface area contributed by atoms with Gasteiger partial charge in [0, 0.05) is 12.2 Å². The fourth-order valence-electron chi connectivity index (χ4n) is 1.94. The maximum absolute atomic E-state index is 11.8. The third-order valence-corrected chi connectivity index (χ3v) is 3.02. The molecule has 0 aliphatic heterocycles. The lowest BCUT2D eigenvalue weighted by atomic mass is 9.98. The van der Waals surface area contributed by atoms with Gasteiger partial charge in [-0.15, -0.1) is 0 Å². The summed E-state index contributed by atoms with van der Waals surface area (Å²) in [6.07, 6.45) is -3.50. The summed E-state index contributed by atoms with van der Waals surface area (Å²) in [6, 6.07) is 4.25. The van der Waals surface area contributed by atoms with Crippen LogP contribution in [0.25, 0.3) is 0 Å². The zero-order chi connectivity index (χ0) is 18.5. The van der Waals surface area contributed by atoms with Crippen molar-refractivity contribution in [3.63, 3.8) is 0 Å². The Hall–Kier alpha value is -2.32. The van der Waals surface area contributed by atoms with Gasteiger partial charge in [0.2, 0.25) is 0 Å². The van der Waals surface area contributed by atoms with Gasteiger partial charge in [-0.05, 0) is 38.5 Å². The number of hydrogen-bond donors (Lipinski definition) is 4. The van der Waals surface area contributed by atoms with E-state index in [1.165, 1.54) is 25.3 Å². The highest BCUT2D eigenvalue weighted by atomic mass is 16.6. The smallest absolute Gasteiger partial charge is 0.407 e. The maximum atomic E-state index is 11.8. The molecular weight excluding hydrogens is 316 g/mol. The highest BCUT2D eigenvalue weighted by molar-refractivity contribution is 5.92. The molecule has 0 aromatic heterocycles. The summed E-state index contributed by atoms with van der Waals surface area (Å²) in [7, 11) is 1.20. The monoisotopic (exact) mass is 340 g/mol. The number of rotatable bonds is 5. The van der Waals surface area contributed by atoms with Crippen LogP contribution in [0.3, 0.4) is 0 Å². The van der Waals surface area contributed by atoms with E-state index in [0.717, 1.165) is 0 Å². The van der Waals surface area contributed by atoms with Crippen molar-refractivity contribution in [1.82, 2.24) is 5.32 Å². The second-order valence-corrected chi connectivity index (χ2v) is 6.23. The molecule has 1 aromatic carbocycles. The average molecular weight is 340 g/mol. The van der Waals surface area contributed by atoms with E-state index >= 15 is 0 Å². The number of hydrogen-bond acceptors (Lipinski definition) is 7. The minimum atomic E-state index is -1.42. The van der Waals surface area contributed by atoms with Crippen LogP contribution in [-0.2, 0) is 9.47 Å². The lowest BCUT2D eigenvalue weighted by Gasteiger charge is -2.23. The van der Waals surface area contributed by atoms with Crippen molar-refractivity contribution in [2.45, 2.75) is 38.6 Å². The Morgan fingerprint density at radius 2 is 1.92 bits per heavy atom. The van der Waals surface area contributed by atoms with Crippen LogP contribution in [0.15, 0.2) is 18.2 Å². The second-order valence-electron chi connectivity index (χ2n) is 6.23. The van der Waals surface area contributed by atoms with Crippen LogP contribution in [0.4, 0.5) is 10.5 Å². The highest BCUT2D eigenvalue weighted by Gasteiger charge is 2.25. The third kappa shape index (κ3) is 5.71. The molecule has 8 nitrogen and oxygen atoms in total. The van der Waals surface area contributed by atoms with Crippen molar-refractivity contribution in [3.8, 4) is 0 Å². The molecule has 0 aliphatic rings. The van der Waals surface area contributed by atoms with Gasteiger partial charge in [-0.2, -0.15) is 0 Å². The predicted octanol–water partition coefficient (Wildman–Crippen LogP) is 0.974. The normalized spacial score (nSPS) is 13.8. The summed E-state index contributed by atoms with van der Waals surface area (Å²) in [5, 5.41) is 22.7. The molecule has 0 heterocycles. The summed E-state index contributed by atoms with van der Waals surface area (Å²) in [4.78, 5) is 23.3. The molecule has 0 aliphatic carbocycles. The number of nitrogens with one attached hydrogen (secondary N) is 1. The largest absolute Gasteiger partial charge is 0.465 e. The molecule has 0 fully saturated rings. The third-order valence-electron chi connectivity index (χ3n) is 3.02. The van der Waals surface area contributed by atoms with E-state index in [0.29, 0.717) is 5.69 Å². The summed E-state index contributed by atoms with van der Waals surface area (Å²) in [6.45, 7) is 4.85. The van der Waals surface area contributed by atoms with Gasteiger partial charge in [-0.3, -0.25) is 0 Å². The Labute approximate surface area is 140 Å². The molecule has 1 aromatic rings. The quantitative estimate of drug-likeness (QED) is 0.464. The van der Waals surface area contributed by atoms with Crippen LogP contribution in [-0.4, -0.2) is 47.6 Å². The molecule has 0 radical (unpaired) electrons. The SMILES string of the molecule is COC(=O)c1cc(N)ccc1C(O)C(O)CNC(=O)OC(C)(C)C. The summed E-state index contributed by atoms with van der Waals surface area (Å²) in [5.41, 5.74) is 5.45. The van der Waals surface area contributed by atoms with Crippen molar-refractivity contribution < 1.29 is 29.3 Å². The number of benzene rings is 1. The Kier molecular flexibility index (Phi) is 6.56. The second kappa shape index (κ2) is 7.98. The lowest BCUT2D eigenvalue weighted by Crippen LogP contribution is -2.39. The van der Waals surface area contributed by atoms with Gasteiger partial charge in [0.1, 0.15) is 17.8 Å². The van der Waals surface area contributed by atoms with E-state index in [1.54, 1.807) is 20.8 Å². The zero-order valence-corrected chi connectivity index (χ0v) is 14.2. The predicted molar refractivity (Wildman–Crippen MR) is 87.4 cm³/mol. The number of anilines is 1. The minimum Gasteiger partial charge on any atom is -0.465 e. The molecule has 0 bridgehead atoms. The Morgan fingerprint density at radius 1 is 1.29 bits per heavy atom. The molecule has 0 saturated heterocycles. The van der Waals surface area contributed by atoms with Gasteiger partial charge in [-0.1, -0.05) is 6.07 Å². The van der Waals surface area contributed by atoms with Crippen LogP contribution >= 0.6 is 0 Å². The zero-order valence-electron chi connectivity index (χ0n) is 14.2. The van der Waals surface area contributed by atoms with Gasteiger partial charge < -0.3 is 30.7 Å². The van der Waals surface area contributed by atoms with Crippen molar-refractivity contribution >= 4 is 17.7 Å². The first-order chi connectivity index (χ1) is 11.0. The Balaban J connectivity index is 2.81. The standard InChI is InChI=1S/C16H24N2O6/c1-16(2,3)24-15(22)18-8-12(19)13(20)10-6-5-9(17)7-11(10)14(21)23-4/h5-7,12-13,19-20H,8,17H2,1-4H3,(H,18,22). The number of methoxy groups -OCH3 is 1. The number of nitrogen functional groups attached to an aromatic ring is 1. The topological polar surface area (TPSA) is 131 Å². The fourth-order valence-corrected chi connectivity index (χ4v) is 1.94. The first-order valence-corrected chi connectivity index (χ1v) is 7.36. The highest BCUT2D eigenvalue weighted by Crippen LogP contribution is 2.24. The molecule has 2 unspecified atom stereocenters. The lowest BCUT2D eigenvalue weighted by molar-refractivity contribution is 0.0119. The number of amides is 1. The van der Waals surface area contributed by atoms with E-state index in [1.807, 2.05) is 0 Å². The van der Waals surface area contributed by atoms with Gasteiger partial charge in [0.25, 0.3) is 0 Å². The number of ether oxygens (including phenoxy) is 2. The molecular formula is C16H24N2O6. The first-order valence-electron chi connectivity index (χ1n) is 7.36. The minimum absolute atomic E-state index is 0.0429. The van der Waals surface area contributed by atoms with Crippen LogP contribution in [0.1, 0.15) is 42.8 Å². The van der Waals surface area contributed by atoms with Crippen LogP contribution in [0, 0.1) is 0 Å². The molecule has 0 spiro atoms. The van der Waals surface area contributed by atoms with Gasteiger partial charge in [-0.25, -0.2) is 9.59 Å². The number of alkyl carbamates (subject to hydrolysis) is 1. The van der Waals surface area contributed by atoms with E-state index in [9.17, 15) is 19.8 Å². The van der Waals surface area contributed by atoms with Crippen molar-refractivity contribution in [1.29, 1.82) is 0 Å². The first kappa shape index (κ1) is 19.7. The number of carbonyl (C=O) groups excluding carboxylic acids is 2. The molecule has 0 saturated carbocycles. The van der Waals surface area contributed by atoms with Crippen molar-refractivity contribution in [2.75, 3.05) is 19.4 Å². The number of aliphatic hydroxyl groups excluding tert-OH is 2. The van der Waals surface area contributed by atoms with E-state index in [2.05, 4.69) is 10.1 Å².